The lowest BCUT2D eigenvalue weighted by molar-refractivity contribution is -0.214. The van der Waals surface area contributed by atoms with Crippen molar-refractivity contribution >= 4 is 11.9 Å². The lowest BCUT2D eigenvalue weighted by Crippen LogP contribution is -2.58. The molecule has 3 nitrogen and oxygen atoms in total. The zero-order valence-corrected chi connectivity index (χ0v) is 14.9. The summed E-state index contributed by atoms with van der Waals surface area (Å²) in [6, 6.07) is 7.01. The van der Waals surface area contributed by atoms with Crippen LogP contribution in [0.1, 0.15) is 42.1 Å². The summed E-state index contributed by atoms with van der Waals surface area (Å²) in [5.74, 6) is -2.62. The molecule has 2 saturated heterocycles. The van der Waals surface area contributed by atoms with E-state index in [0.717, 1.165) is 17.4 Å². The molecule has 0 aliphatic carbocycles. The summed E-state index contributed by atoms with van der Waals surface area (Å²) < 4.78 is 35.6. The Morgan fingerprint density at radius 3 is 2.46 bits per heavy atom. The molecule has 0 saturated carbocycles. The van der Waals surface area contributed by atoms with Crippen LogP contribution in [0.25, 0.3) is 5.57 Å². The first-order valence-electron chi connectivity index (χ1n) is 8.80. The number of nitrogens with one attached hydrogen (secondary N) is 1. The number of benzene rings is 1. The maximum atomic E-state index is 14.9. The van der Waals surface area contributed by atoms with Crippen LogP contribution in [-0.2, 0) is 4.74 Å². The van der Waals surface area contributed by atoms with E-state index in [1.807, 2.05) is 13.0 Å². The first-order valence-corrected chi connectivity index (χ1v) is 8.80. The molecule has 0 amide bonds. The van der Waals surface area contributed by atoms with Crippen LogP contribution in [0.15, 0.2) is 54.3 Å². The fraction of sp³-hybridized carbons (Fsp3) is 0.381. The summed E-state index contributed by atoms with van der Waals surface area (Å²) in [5.41, 5.74) is 1.17. The van der Waals surface area contributed by atoms with E-state index >= 15 is 0 Å². The predicted octanol–water partition coefficient (Wildman–Crippen LogP) is 4.52. The third-order valence-electron chi connectivity index (χ3n) is 5.19. The normalized spacial score (nSPS) is 23.7. The van der Waals surface area contributed by atoms with Crippen molar-refractivity contribution in [3.63, 3.8) is 0 Å². The molecule has 5 heteroatoms. The van der Waals surface area contributed by atoms with Gasteiger partial charge in [0.15, 0.2) is 5.60 Å². The smallest absolute Gasteiger partial charge is 0.291 e. The molecule has 138 valence electrons. The van der Waals surface area contributed by atoms with E-state index in [4.69, 9.17) is 4.74 Å². The van der Waals surface area contributed by atoms with Gasteiger partial charge in [0.2, 0.25) is 0 Å². The first-order chi connectivity index (χ1) is 12.4. The Balaban J connectivity index is 1.88. The van der Waals surface area contributed by atoms with E-state index in [0.29, 0.717) is 30.0 Å². The number of rotatable bonds is 3. The van der Waals surface area contributed by atoms with Gasteiger partial charge in [0.1, 0.15) is 12.0 Å². The Hall–Kier alpha value is -2.27. The molecular weight excluding hydrogens is 336 g/mol. The third kappa shape index (κ3) is 3.36. The Bertz CT molecular complexity index is 757. The van der Waals surface area contributed by atoms with Crippen LogP contribution >= 0.6 is 0 Å². The number of allylic oxidation sites excluding steroid dienone is 4. The molecule has 0 radical (unpaired) electrons. The minimum atomic E-state index is -2.94. The molecule has 1 aromatic carbocycles. The van der Waals surface area contributed by atoms with Crippen molar-refractivity contribution in [2.45, 2.75) is 37.7 Å². The van der Waals surface area contributed by atoms with Gasteiger partial charge >= 0.3 is 0 Å². The van der Waals surface area contributed by atoms with E-state index < -0.39 is 11.5 Å². The molecule has 3 rings (SSSR count). The summed E-state index contributed by atoms with van der Waals surface area (Å²) >= 11 is 0. The van der Waals surface area contributed by atoms with Gasteiger partial charge in [0.25, 0.3) is 5.92 Å². The number of hydrogen-bond donors (Lipinski definition) is 1. The largest absolute Gasteiger partial charge is 0.481 e. The number of ether oxygens (including phenoxy) is 1. The van der Waals surface area contributed by atoms with E-state index in [1.54, 1.807) is 30.3 Å². The van der Waals surface area contributed by atoms with Crippen molar-refractivity contribution in [3.05, 3.63) is 65.5 Å². The number of hydrogen-bond acceptors (Lipinski definition) is 3. The van der Waals surface area contributed by atoms with Gasteiger partial charge in [0.05, 0.1) is 0 Å². The monoisotopic (exact) mass is 359 g/mol. The molecular formula is C21H23F2NO2. The molecule has 0 bridgehead atoms. The van der Waals surface area contributed by atoms with Gasteiger partial charge in [-0.3, -0.25) is 4.79 Å². The van der Waals surface area contributed by atoms with Gasteiger partial charge in [-0.05, 0) is 37.2 Å². The zero-order valence-electron chi connectivity index (χ0n) is 14.9. The average Bonchev–Trinajstić information content (AvgIpc) is 2.65. The molecule has 1 N–H and O–H groups in total. The Labute approximate surface area is 152 Å². The van der Waals surface area contributed by atoms with E-state index in [9.17, 15) is 13.6 Å². The number of halogens is 2. The quantitative estimate of drug-likeness (QED) is 0.807. The SMILES string of the molecule is C=C1OC2(CCNCC2)C(F)(F)C/C1=C/C(=CC)c1ccc(C=O)cc1. The minimum absolute atomic E-state index is 0.274. The van der Waals surface area contributed by atoms with Crippen molar-refractivity contribution < 1.29 is 18.3 Å². The first kappa shape index (κ1) is 18.5. The van der Waals surface area contributed by atoms with Crippen LogP contribution in [0, 0.1) is 0 Å². The Morgan fingerprint density at radius 1 is 1.23 bits per heavy atom. The maximum absolute atomic E-state index is 14.9. The van der Waals surface area contributed by atoms with Gasteiger partial charge < -0.3 is 10.1 Å². The fourth-order valence-electron chi connectivity index (χ4n) is 3.58. The van der Waals surface area contributed by atoms with Crippen molar-refractivity contribution in [2.75, 3.05) is 13.1 Å². The second-order valence-corrected chi connectivity index (χ2v) is 6.80. The molecule has 2 heterocycles. The van der Waals surface area contributed by atoms with Gasteiger partial charge in [-0.25, -0.2) is 8.78 Å². The summed E-state index contributed by atoms with van der Waals surface area (Å²) in [7, 11) is 0. The maximum Gasteiger partial charge on any atom is 0.291 e. The Kier molecular flexibility index (Phi) is 5.10. The van der Waals surface area contributed by atoms with Gasteiger partial charge in [-0.1, -0.05) is 36.9 Å². The van der Waals surface area contributed by atoms with Crippen LogP contribution < -0.4 is 5.32 Å². The minimum Gasteiger partial charge on any atom is -0.481 e. The highest BCUT2D eigenvalue weighted by molar-refractivity contribution is 5.79. The molecule has 0 aromatic heterocycles. The van der Waals surface area contributed by atoms with Crippen molar-refractivity contribution in [1.29, 1.82) is 0 Å². The number of alkyl halides is 2. The summed E-state index contributed by atoms with van der Waals surface area (Å²) in [4.78, 5) is 10.8. The van der Waals surface area contributed by atoms with Crippen LogP contribution in [0.5, 0.6) is 0 Å². The van der Waals surface area contributed by atoms with Crippen LogP contribution in [-0.4, -0.2) is 30.9 Å². The van der Waals surface area contributed by atoms with E-state index in [1.165, 1.54) is 0 Å². The van der Waals surface area contributed by atoms with E-state index in [2.05, 4.69) is 11.9 Å². The number of carbonyl (C=O) groups is 1. The van der Waals surface area contributed by atoms with Crippen LogP contribution in [0.2, 0.25) is 0 Å². The lowest BCUT2D eigenvalue weighted by Gasteiger charge is -2.47. The van der Waals surface area contributed by atoms with E-state index in [-0.39, 0.29) is 19.3 Å². The highest BCUT2D eigenvalue weighted by atomic mass is 19.3. The summed E-state index contributed by atoms with van der Waals surface area (Å²) in [6.07, 6.45) is 4.50. The topological polar surface area (TPSA) is 38.3 Å². The van der Waals surface area contributed by atoms with Crippen molar-refractivity contribution in [1.82, 2.24) is 5.32 Å². The predicted molar refractivity (Wildman–Crippen MR) is 98.2 cm³/mol. The molecule has 1 aromatic rings. The van der Waals surface area contributed by atoms with Gasteiger partial charge in [0, 0.05) is 30.4 Å². The Morgan fingerprint density at radius 2 is 1.88 bits per heavy atom. The molecule has 1 spiro atoms. The molecule has 0 unspecified atom stereocenters. The van der Waals surface area contributed by atoms with Crippen molar-refractivity contribution in [3.8, 4) is 0 Å². The fourth-order valence-corrected chi connectivity index (χ4v) is 3.58. The highest BCUT2D eigenvalue weighted by Crippen LogP contribution is 2.50. The molecule has 2 aliphatic rings. The van der Waals surface area contributed by atoms with Crippen molar-refractivity contribution in [2.24, 2.45) is 0 Å². The van der Waals surface area contributed by atoms with Gasteiger partial charge in [-0.2, -0.15) is 0 Å². The number of carbonyl (C=O) groups excluding carboxylic acids is 1. The van der Waals surface area contributed by atoms with Gasteiger partial charge in [-0.15, -0.1) is 0 Å². The number of piperidine rings is 1. The standard InChI is InChI=1S/C21H23F2NO2/c1-3-17(18-6-4-16(14-25)5-7-18)12-19-13-21(22,23)20(26-15(19)2)8-10-24-11-9-20/h3-7,12,14,24H,2,8-11,13H2,1H3/b17-3?,19-12-. The van der Waals surface area contributed by atoms with Crippen LogP contribution in [0.4, 0.5) is 8.78 Å². The molecule has 26 heavy (non-hydrogen) atoms. The number of aldehydes is 1. The molecule has 2 fully saturated rings. The molecule has 2 aliphatic heterocycles. The second kappa shape index (κ2) is 7.16. The highest BCUT2D eigenvalue weighted by Gasteiger charge is 2.59. The molecule has 0 atom stereocenters. The lowest BCUT2D eigenvalue weighted by atomic mass is 9.79. The second-order valence-electron chi connectivity index (χ2n) is 6.80. The zero-order chi connectivity index (χ0) is 18.8. The van der Waals surface area contributed by atoms with Crippen LogP contribution in [0.3, 0.4) is 0 Å². The summed E-state index contributed by atoms with van der Waals surface area (Å²) in [5, 5.41) is 3.10. The third-order valence-corrected chi connectivity index (χ3v) is 5.19. The summed E-state index contributed by atoms with van der Waals surface area (Å²) in [6.45, 7) is 6.79. The average molecular weight is 359 g/mol.